The maximum Gasteiger partial charge on any atom is 0.254 e. The highest BCUT2D eigenvalue weighted by atomic mass is 35.5. The maximum atomic E-state index is 13.0. The summed E-state index contributed by atoms with van der Waals surface area (Å²) in [6.07, 6.45) is 1.82. The fourth-order valence-corrected chi connectivity index (χ4v) is 7.18. The number of aliphatic hydroxyl groups is 5. The van der Waals surface area contributed by atoms with E-state index in [1.165, 1.54) is 11.8 Å². The molecule has 4 unspecified atom stereocenters. The number of pyridine rings is 1. The van der Waals surface area contributed by atoms with Gasteiger partial charge in [0.25, 0.3) is 5.91 Å². The lowest BCUT2D eigenvalue weighted by molar-refractivity contribution is -0.158. The highest BCUT2D eigenvalue weighted by molar-refractivity contribution is 7.99. The summed E-state index contributed by atoms with van der Waals surface area (Å²) in [7, 11) is 0. The van der Waals surface area contributed by atoms with Crippen LogP contribution in [-0.4, -0.2) is 110 Å². The summed E-state index contributed by atoms with van der Waals surface area (Å²) in [5.74, 6) is 0.501. The van der Waals surface area contributed by atoms with Crippen LogP contribution in [0.25, 0.3) is 11.1 Å². The lowest BCUT2D eigenvalue weighted by Crippen LogP contribution is -2.53. The molecule has 0 aliphatic heterocycles. The quantitative estimate of drug-likeness (QED) is 0.0627. The molecule has 7 N–H and O–H groups in total. The number of nitrogens with zero attached hydrogens (tertiary/aromatic N) is 2. The Morgan fingerprint density at radius 2 is 1.81 bits per heavy atom. The zero-order valence-electron chi connectivity index (χ0n) is 29.3. The number of unbranched alkanes of at least 4 members (excludes halogenated alkanes) is 1. The van der Waals surface area contributed by atoms with Crippen molar-refractivity contribution in [2.24, 2.45) is 0 Å². The molecule has 2 aromatic carbocycles. The molecule has 14 heteroatoms. The standard InChI is InChI=1S/C38H49ClN4O8S/c1-24(45)41-16-18-43(37(50)36(49)35(48)34(47)32(46)23-44)17-4-5-19-52-27-10-11-31(39)25(20-27)21-42-38(13-14-38)30-22-40-15-12-28(30)29-6-2-3-7-33(29)51-26-8-9-26/h2-3,6-7,10-12,15,20,22,26,32,34-36,42,44,46-49H,4-5,8-9,13-14,16-19,21,23H2,1H3,(H,41,45). The molecule has 0 radical (unpaired) electrons. The summed E-state index contributed by atoms with van der Waals surface area (Å²) in [6, 6.07) is 16.2. The van der Waals surface area contributed by atoms with Crippen molar-refractivity contribution in [1.29, 1.82) is 0 Å². The average Bonchev–Trinajstić information content (AvgIpc) is 4.10. The third-order valence-electron chi connectivity index (χ3n) is 9.38. The van der Waals surface area contributed by atoms with Crippen LogP contribution in [0.3, 0.4) is 0 Å². The Hall–Kier alpha value is -3.27. The number of amides is 2. The monoisotopic (exact) mass is 756 g/mol. The van der Waals surface area contributed by atoms with Crippen LogP contribution in [0.1, 0.15) is 56.6 Å². The summed E-state index contributed by atoms with van der Waals surface area (Å²) in [4.78, 5) is 31.2. The maximum absolute atomic E-state index is 13.0. The van der Waals surface area contributed by atoms with Gasteiger partial charge in [-0.2, -0.15) is 0 Å². The summed E-state index contributed by atoms with van der Waals surface area (Å²) in [5.41, 5.74) is 4.10. The molecule has 3 aromatic rings. The smallest absolute Gasteiger partial charge is 0.254 e. The average molecular weight is 757 g/mol. The van der Waals surface area contributed by atoms with E-state index < -0.39 is 36.9 Å². The molecule has 5 rings (SSSR count). The number of aliphatic hydroxyl groups excluding tert-OH is 5. The van der Waals surface area contributed by atoms with Gasteiger partial charge in [0.2, 0.25) is 5.91 Å². The number of aromatic nitrogens is 1. The molecule has 1 aromatic heterocycles. The first-order chi connectivity index (χ1) is 25.0. The third kappa shape index (κ3) is 10.7. The van der Waals surface area contributed by atoms with E-state index in [0.29, 0.717) is 30.5 Å². The predicted octanol–water partition coefficient (Wildman–Crippen LogP) is 3.00. The molecule has 4 atom stereocenters. The van der Waals surface area contributed by atoms with Gasteiger partial charge >= 0.3 is 0 Å². The molecule has 2 aliphatic rings. The molecular formula is C38H49ClN4O8S. The second-order valence-corrected chi connectivity index (χ2v) is 15.0. The SMILES string of the molecule is CC(=O)NCCN(CCCCSc1ccc(Cl)c(CNC2(c3cnccc3-c3ccccc3OC3CC3)CC2)c1)C(=O)C(O)C(O)C(O)C(O)CO. The Bertz CT molecular complexity index is 1660. The number of halogens is 1. The van der Waals surface area contributed by atoms with Crippen molar-refractivity contribution in [1.82, 2.24) is 20.5 Å². The second-order valence-electron chi connectivity index (χ2n) is 13.5. The van der Waals surface area contributed by atoms with Crippen molar-refractivity contribution in [2.45, 2.75) is 92.9 Å². The predicted molar refractivity (Wildman–Crippen MR) is 199 cm³/mol. The number of para-hydroxylation sites is 1. The summed E-state index contributed by atoms with van der Waals surface area (Å²) in [6.45, 7) is 1.50. The molecule has 12 nitrogen and oxygen atoms in total. The van der Waals surface area contributed by atoms with Crippen molar-refractivity contribution in [2.75, 3.05) is 32.0 Å². The molecule has 282 valence electrons. The Labute approximate surface area is 313 Å². The number of rotatable bonds is 21. The van der Waals surface area contributed by atoms with Gasteiger partial charge in [-0.1, -0.05) is 29.8 Å². The molecule has 2 fully saturated rings. The van der Waals surface area contributed by atoms with E-state index in [1.807, 2.05) is 42.7 Å². The highest BCUT2D eigenvalue weighted by Crippen LogP contribution is 2.50. The van der Waals surface area contributed by atoms with E-state index in [0.717, 1.165) is 64.3 Å². The third-order valence-corrected chi connectivity index (χ3v) is 10.8. The summed E-state index contributed by atoms with van der Waals surface area (Å²) >= 11 is 8.33. The summed E-state index contributed by atoms with van der Waals surface area (Å²) < 4.78 is 6.25. The summed E-state index contributed by atoms with van der Waals surface area (Å²) in [5, 5.41) is 56.4. The van der Waals surface area contributed by atoms with E-state index in [9.17, 15) is 30.0 Å². The van der Waals surface area contributed by atoms with Crippen LogP contribution >= 0.6 is 23.4 Å². The number of thioether (sulfide) groups is 1. The van der Waals surface area contributed by atoms with Gasteiger partial charge in [0.1, 0.15) is 24.1 Å². The normalized spacial score (nSPS) is 17.1. The van der Waals surface area contributed by atoms with Gasteiger partial charge in [-0.25, -0.2) is 0 Å². The first kappa shape index (κ1) is 39.9. The molecular weight excluding hydrogens is 708 g/mol. The molecule has 1 heterocycles. The van der Waals surface area contributed by atoms with Gasteiger partial charge in [0.05, 0.1) is 12.7 Å². The van der Waals surface area contributed by atoms with Gasteiger partial charge in [0, 0.05) is 66.5 Å². The number of nitrogens with one attached hydrogen (secondary N) is 2. The van der Waals surface area contributed by atoms with Gasteiger partial charge in [0.15, 0.2) is 6.10 Å². The number of carbonyl (C=O) groups is 2. The molecule has 0 spiro atoms. The molecule has 52 heavy (non-hydrogen) atoms. The first-order valence-corrected chi connectivity index (χ1v) is 19.1. The van der Waals surface area contributed by atoms with Crippen molar-refractivity contribution >= 4 is 35.2 Å². The molecule has 2 saturated carbocycles. The van der Waals surface area contributed by atoms with Crippen LogP contribution < -0.4 is 15.4 Å². The number of hydrogen-bond acceptors (Lipinski definition) is 11. The Morgan fingerprint density at radius 3 is 2.52 bits per heavy atom. The fourth-order valence-electron chi connectivity index (χ4n) is 6.02. The second kappa shape index (κ2) is 18.7. The van der Waals surface area contributed by atoms with Crippen LogP contribution in [0.15, 0.2) is 65.8 Å². The van der Waals surface area contributed by atoms with Gasteiger partial charge < -0.3 is 45.8 Å². The van der Waals surface area contributed by atoms with Gasteiger partial charge in [-0.05, 0) is 91.3 Å². The van der Waals surface area contributed by atoms with Crippen molar-refractivity contribution in [3.05, 3.63) is 77.1 Å². The number of benzene rings is 2. The van der Waals surface area contributed by atoms with E-state index in [4.69, 9.17) is 21.4 Å². The number of ether oxygens (including phenoxy) is 1. The first-order valence-electron chi connectivity index (χ1n) is 17.8. The minimum absolute atomic E-state index is 0.0737. The zero-order chi connectivity index (χ0) is 37.3. The van der Waals surface area contributed by atoms with Crippen molar-refractivity contribution < 1.29 is 39.9 Å². The Kier molecular flexibility index (Phi) is 14.3. The fraction of sp³-hybridized carbons (Fsp3) is 0.500. The molecule has 2 aliphatic carbocycles. The lowest BCUT2D eigenvalue weighted by atomic mass is 9.94. The van der Waals surface area contributed by atoms with Gasteiger partial charge in [-0.3, -0.25) is 14.6 Å². The van der Waals surface area contributed by atoms with E-state index >= 15 is 0 Å². The minimum Gasteiger partial charge on any atom is -0.490 e. The van der Waals surface area contributed by atoms with Crippen molar-refractivity contribution in [3.8, 4) is 16.9 Å². The number of carbonyl (C=O) groups excluding carboxylic acids is 2. The molecule has 0 saturated heterocycles. The largest absolute Gasteiger partial charge is 0.490 e. The van der Waals surface area contributed by atoms with E-state index in [-0.39, 0.29) is 31.1 Å². The Morgan fingerprint density at radius 1 is 1.04 bits per heavy atom. The van der Waals surface area contributed by atoms with Crippen LogP contribution in [0.5, 0.6) is 5.75 Å². The van der Waals surface area contributed by atoms with Crippen LogP contribution in [0.4, 0.5) is 0 Å². The lowest BCUT2D eigenvalue weighted by Gasteiger charge is -2.30. The van der Waals surface area contributed by atoms with Crippen LogP contribution in [0.2, 0.25) is 5.02 Å². The minimum atomic E-state index is -2.03. The molecule has 0 bridgehead atoms. The van der Waals surface area contributed by atoms with Crippen LogP contribution in [-0.2, 0) is 21.7 Å². The van der Waals surface area contributed by atoms with Crippen molar-refractivity contribution in [3.63, 3.8) is 0 Å². The number of hydrogen-bond donors (Lipinski definition) is 7. The van der Waals surface area contributed by atoms with E-state index in [1.54, 1.807) is 11.8 Å². The molecule has 2 amide bonds. The van der Waals surface area contributed by atoms with E-state index in [2.05, 4.69) is 33.8 Å². The van der Waals surface area contributed by atoms with Crippen LogP contribution in [0, 0.1) is 0 Å². The topological polar surface area (TPSA) is 185 Å². The van der Waals surface area contributed by atoms with Gasteiger partial charge in [-0.15, -0.1) is 11.8 Å². The Balaban J connectivity index is 1.16. The highest BCUT2D eigenvalue weighted by Gasteiger charge is 2.46. The zero-order valence-corrected chi connectivity index (χ0v) is 30.9.